The van der Waals surface area contributed by atoms with Crippen molar-refractivity contribution in [1.82, 2.24) is 0 Å². The Bertz CT molecular complexity index is 388. The molecule has 80 valence electrons. The van der Waals surface area contributed by atoms with Gasteiger partial charge in [-0.05, 0) is 12.8 Å². The number of halogens is 1. The van der Waals surface area contributed by atoms with E-state index in [1.807, 2.05) is 0 Å². The largest absolute Gasteiger partial charge is 0.454 e. The number of benzene rings is 1. The SMILES string of the molecule is Fc1cc2c(cc1N1CCCC1)OCO2. The summed E-state index contributed by atoms with van der Waals surface area (Å²) < 4.78 is 24.1. The average molecular weight is 209 g/mol. The highest BCUT2D eigenvalue weighted by Gasteiger charge is 2.22. The number of ether oxygens (including phenoxy) is 2. The standard InChI is InChI=1S/C11H12FNO2/c12-8-5-10-11(15-7-14-10)6-9(8)13-3-1-2-4-13/h5-6H,1-4,7H2. The Labute approximate surface area is 87.4 Å². The number of rotatable bonds is 1. The first-order valence-electron chi connectivity index (χ1n) is 5.19. The van der Waals surface area contributed by atoms with Crippen molar-refractivity contribution >= 4 is 5.69 Å². The minimum Gasteiger partial charge on any atom is -0.454 e. The summed E-state index contributed by atoms with van der Waals surface area (Å²) in [7, 11) is 0. The molecule has 0 bridgehead atoms. The Balaban J connectivity index is 2.00. The summed E-state index contributed by atoms with van der Waals surface area (Å²) in [5.74, 6) is 0.940. The lowest BCUT2D eigenvalue weighted by Gasteiger charge is -2.18. The lowest BCUT2D eigenvalue weighted by Crippen LogP contribution is -2.18. The molecule has 0 aliphatic carbocycles. The molecule has 4 heteroatoms. The van der Waals surface area contributed by atoms with Crippen LogP contribution < -0.4 is 14.4 Å². The van der Waals surface area contributed by atoms with Gasteiger partial charge in [0.2, 0.25) is 6.79 Å². The predicted octanol–water partition coefficient (Wildman–Crippen LogP) is 2.15. The van der Waals surface area contributed by atoms with Gasteiger partial charge in [-0.2, -0.15) is 0 Å². The fourth-order valence-electron chi connectivity index (χ4n) is 2.11. The van der Waals surface area contributed by atoms with E-state index in [1.165, 1.54) is 6.07 Å². The Morgan fingerprint density at radius 1 is 1.07 bits per heavy atom. The van der Waals surface area contributed by atoms with Crippen molar-refractivity contribution in [2.75, 3.05) is 24.8 Å². The maximum atomic E-state index is 13.7. The molecule has 0 atom stereocenters. The van der Waals surface area contributed by atoms with Gasteiger partial charge in [0, 0.05) is 25.2 Å². The van der Waals surface area contributed by atoms with Crippen LogP contribution in [0.25, 0.3) is 0 Å². The van der Waals surface area contributed by atoms with Crippen molar-refractivity contribution in [1.29, 1.82) is 0 Å². The summed E-state index contributed by atoms with van der Waals surface area (Å²) in [5, 5.41) is 0. The Hall–Kier alpha value is -1.45. The molecule has 0 N–H and O–H groups in total. The number of anilines is 1. The molecule has 2 aliphatic heterocycles. The van der Waals surface area contributed by atoms with E-state index in [2.05, 4.69) is 4.90 Å². The fourth-order valence-corrected chi connectivity index (χ4v) is 2.11. The highest BCUT2D eigenvalue weighted by molar-refractivity contribution is 5.58. The van der Waals surface area contributed by atoms with Crippen molar-refractivity contribution in [3.8, 4) is 11.5 Å². The third-order valence-corrected chi connectivity index (χ3v) is 2.89. The number of hydrogen-bond donors (Lipinski definition) is 0. The number of nitrogens with zero attached hydrogens (tertiary/aromatic N) is 1. The zero-order chi connectivity index (χ0) is 10.3. The zero-order valence-electron chi connectivity index (χ0n) is 8.33. The molecule has 1 saturated heterocycles. The van der Waals surface area contributed by atoms with Crippen LogP contribution in [0.4, 0.5) is 10.1 Å². The van der Waals surface area contributed by atoms with Gasteiger partial charge in [-0.15, -0.1) is 0 Å². The molecule has 3 rings (SSSR count). The molecule has 0 amide bonds. The molecule has 1 aromatic rings. The van der Waals surface area contributed by atoms with Gasteiger partial charge in [-0.25, -0.2) is 4.39 Å². The number of fused-ring (bicyclic) bond motifs is 1. The van der Waals surface area contributed by atoms with Gasteiger partial charge in [0.25, 0.3) is 0 Å². The Morgan fingerprint density at radius 2 is 1.73 bits per heavy atom. The van der Waals surface area contributed by atoms with Crippen molar-refractivity contribution in [2.24, 2.45) is 0 Å². The molecule has 0 unspecified atom stereocenters. The summed E-state index contributed by atoms with van der Waals surface area (Å²) in [4.78, 5) is 2.05. The Morgan fingerprint density at radius 3 is 2.47 bits per heavy atom. The maximum Gasteiger partial charge on any atom is 0.231 e. The molecule has 0 aromatic heterocycles. The summed E-state index contributed by atoms with van der Waals surface area (Å²) >= 11 is 0. The van der Waals surface area contributed by atoms with Gasteiger partial charge in [0.05, 0.1) is 5.69 Å². The van der Waals surface area contributed by atoms with E-state index in [-0.39, 0.29) is 12.6 Å². The van der Waals surface area contributed by atoms with E-state index in [1.54, 1.807) is 6.07 Å². The summed E-state index contributed by atoms with van der Waals surface area (Å²) in [6.45, 7) is 2.05. The predicted molar refractivity (Wildman–Crippen MR) is 54.0 cm³/mol. The smallest absolute Gasteiger partial charge is 0.231 e. The first kappa shape index (κ1) is 8.83. The topological polar surface area (TPSA) is 21.7 Å². The van der Waals surface area contributed by atoms with Crippen LogP contribution in [0, 0.1) is 5.82 Å². The first-order valence-corrected chi connectivity index (χ1v) is 5.19. The maximum absolute atomic E-state index is 13.7. The normalized spacial score (nSPS) is 18.6. The molecule has 0 radical (unpaired) electrons. The molecule has 0 spiro atoms. The van der Waals surface area contributed by atoms with Crippen molar-refractivity contribution in [3.63, 3.8) is 0 Å². The molecule has 1 fully saturated rings. The quantitative estimate of drug-likeness (QED) is 0.707. The van der Waals surface area contributed by atoms with E-state index >= 15 is 0 Å². The minimum atomic E-state index is -0.221. The highest BCUT2D eigenvalue weighted by atomic mass is 19.1. The molecule has 2 heterocycles. The summed E-state index contributed by atoms with van der Waals surface area (Å²) in [5.41, 5.74) is 0.636. The van der Waals surface area contributed by atoms with Gasteiger partial charge < -0.3 is 14.4 Å². The van der Waals surface area contributed by atoms with Crippen LogP contribution in [-0.2, 0) is 0 Å². The van der Waals surface area contributed by atoms with Crippen LogP contribution >= 0.6 is 0 Å². The third kappa shape index (κ3) is 1.40. The average Bonchev–Trinajstić information content (AvgIpc) is 2.85. The van der Waals surface area contributed by atoms with Crippen molar-refractivity contribution in [2.45, 2.75) is 12.8 Å². The second kappa shape index (κ2) is 3.29. The molecule has 3 nitrogen and oxygen atoms in total. The molecular weight excluding hydrogens is 197 g/mol. The van der Waals surface area contributed by atoms with Gasteiger partial charge in [-0.3, -0.25) is 0 Å². The molecular formula is C11H12FNO2. The van der Waals surface area contributed by atoms with E-state index in [9.17, 15) is 4.39 Å². The molecule has 1 aromatic carbocycles. The molecule has 15 heavy (non-hydrogen) atoms. The van der Waals surface area contributed by atoms with Crippen molar-refractivity contribution < 1.29 is 13.9 Å². The van der Waals surface area contributed by atoms with Crippen LogP contribution in [0.5, 0.6) is 11.5 Å². The monoisotopic (exact) mass is 209 g/mol. The Kier molecular flexibility index (Phi) is 1.94. The van der Waals surface area contributed by atoms with E-state index < -0.39 is 0 Å². The summed E-state index contributed by atoms with van der Waals surface area (Å²) in [6.07, 6.45) is 2.27. The second-order valence-electron chi connectivity index (χ2n) is 3.85. The van der Waals surface area contributed by atoms with Gasteiger partial charge in [0.15, 0.2) is 11.5 Å². The lowest BCUT2D eigenvalue weighted by molar-refractivity contribution is 0.174. The van der Waals surface area contributed by atoms with Gasteiger partial charge in [0.1, 0.15) is 5.82 Å². The van der Waals surface area contributed by atoms with E-state index in [0.29, 0.717) is 17.2 Å². The highest BCUT2D eigenvalue weighted by Crippen LogP contribution is 2.38. The second-order valence-corrected chi connectivity index (χ2v) is 3.85. The van der Waals surface area contributed by atoms with Crippen LogP contribution in [0.2, 0.25) is 0 Å². The molecule has 0 saturated carbocycles. The van der Waals surface area contributed by atoms with Crippen LogP contribution in [0.15, 0.2) is 12.1 Å². The first-order chi connectivity index (χ1) is 7.34. The van der Waals surface area contributed by atoms with Crippen molar-refractivity contribution in [3.05, 3.63) is 17.9 Å². The zero-order valence-corrected chi connectivity index (χ0v) is 8.33. The van der Waals surface area contributed by atoms with E-state index in [4.69, 9.17) is 9.47 Å². The lowest BCUT2D eigenvalue weighted by atomic mass is 10.2. The van der Waals surface area contributed by atoms with Crippen LogP contribution in [0.1, 0.15) is 12.8 Å². The van der Waals surface area contributed by atoms with Gasteiger partial charge >= 0.3 is 0 Å². The van der Waals surface area contributed by atoms with Gasteiger partial charge in [-0.1, -0.05) is 0 Å². The number of hydrogen-bond acceptors (Lipinski definition) is 3. The van der Waals surface area contributed by atoms with Crippen LogP contribution in [-0.4, -0.2) is 19.9 Å². The summed E-state index contributed by atoms with van der Waals surface area (Å²) in [6, 6.07) is 3.15. The van der Waals surface area contributed by atoms with E-state index in [0.717, 1.165) is 25.9 Å². The van der Waals surface area contributed by atoms with Crippen LogP contribution in [0.3, 0.4) is 0 Å². The third-order valence-electron chi connectivity index (χ3n) is 2.89. The fraction of sp³-hybridized carbons (Fsp3) is 0.455. The minimum absolute atomic E-state index is 0.193. The molecule has 2 aliphatic rings.